The van der Waals surface area contributed by atoms with Crippen LogP contribution in [-0.4, -0.2) is 23.4 Å². The maximum absolute atomic E-state index is 9.54. The van der Waals surface area contributed by atoms with E-state index in [1.807, 2.05) is 0 Å². The molecule has 1 N–H and O–H groups in total. The highest BCUT2D eigenvalue weighted by Gasteiger charge is 2.55. The first-order chi connectivity index (χ1) is 4.70. The minimum Gasteiger partial charge on any atom is -0.390 e. The van der Waals surface area contributed by atoms with Gasteiger partial charge in [0, 0.05) is 0 Å². The highest BCUT2D eigenvalue weighted by Crippen LogP contribution is 2.45. The fourth-order valence-corrected chi connectivity index (χ4v) is 1.96. The molecule has 0 aromatic rings. The number of epoxide rings is 1. The molecule has 0 aromatic heterocycles. The van der Waals surface area contributed by atoms with Gasteiger partial charge in [-0.1, -0.05) is 13.8 Å². The largest absolute Gasteiger partial charge is 0.390 e. The smallest absolute Gasteiger partial charge is 0.110 e. The molecular weight excluding hydrogens is 128 g/mol. The first-order valence-electron chi connectivity index (χ1n) is 4.03. The fourth-order valence-electron chi connectivity index (χ4n) is 1.96. The van der Waals surface area contributed by atoms with Gasteiger partial charge in [-0.05, 0) is 18.3 Å². The second kappa shape index (κ2) is 1.95. The van der Waals surface area contributed by atoms with E-state index in [0.717, 1.165) is 6.42 Å². The third-order valence-corrected chi connectivity index (χ3v) is 2.76. The lowest BCUT2D eigenvalue weighted by atomic mass is 9.92. The number of rotatable bonds is 1. The summed E-state index contributed by atoms with van der Waals surface area (Å²) in [6.07, 6.45) is 1.50. The van der Waals surface area contributed by atoms with Crippen molar-refractivity contribution in [3.05, 3.63) is 0 Å². The summed E-state index contributed by atoms with van der Waals surface area (Å²) in [4.78, 5) is 0. The van der Waals surface area contributed by atoms with E-state index in [1.54, 1.807) is 0 Å². The summed E-state index contributed by atoms with van der Waals surface area (Å²) < 4.78 is 5.20. The zero-order valence-electron chi connectivity index (χ0n) is 6.45. The molecule has 0 aromatic carbocycles. The van der Waals surface area contributed by atoms with E-state index in [1.165, 1.54) is 0 Å². The van der Waals surface area contributed by atoms with Gasteiger partial charge in [-0.2, -0.15) is 0 Å². The van der Waals surface area contributed by atoms with Crippen LogP contribution in [0.5, 0.6) is 0 Å². The van der Waals surface area contributed by atoms with Gasteiger partial charge in [0.15, 0.2) is 0 Å². The summed E-state index contributed by atoms with van der Waals surface area (Å²) in [5.41, 5.74) is 0. The molecule has 2 fully saturated rings. The first kappa shape index (κ1) is 6.62. The molecule has 58 valence electrons. The molecule has 2 aliphatic rings. The Morgan fingerprint density at radius 2 is 2.20 bits per heavy atom. The van der Waals surface area contributed by atoms with Crippen LogP contribution in [0.15, 0.2) is 0 Å². The Morgan fingerprint density at radius 1 is 1.50 bits per heavy atom. The third-order valence-electron chi connectivity index (χ3n) is 2.76. The molecule has 2 heteroatoms. The molecule has 0 radical (unpaired) electrons. The molecule has 1 saturated heterocycles. The number of hydrogen-bond acceptors (Lipinski definition) is 2. The third kappa shape index (κ3) is 0.789. The Balaban J connectivity index is 2.00. The van der Waals surface area contributed by atoms with Crippen molar-refractivity contribution in [2.24, 2.45) is 11.8 Å². The topological polar surface area (TPSA) is 32.8 Å². The summed E-state index contributed by atoms with van der Waals surface area (Å²) in [5, 5.41) is 9.54. The number of fused-ring (bicyclic) bond motifs is 1. The van der Waals surface area contributed by atoms with Crippen LogP contribution < -0.4 is 0 Å². The van der Waals surface area contributed by atoms with Crippen LogP contribution in [0.3, 0.4) is 0 Å². The van der Waals surface area contributed by atoms with E-state index in [9.17, 15) is 5.11 Å². The van der Waals surface area contributed by atoms with Gasteiger partial charge < -0.3 is 9.84 Å². The summed E-state index contributed by atoms with van der Waals surface area (Å²) >= 11 is 0. The van der Waals surface area contributed by atoms with Gasteiger partial charge in [-0.3, -0.25) is 0 Å². The second-order valence-electron chi connectivity index (χ2n) is 3.77. The van der Waals surface area contributed by atoms with E-state index in [4.69, 9.17) is 4.74 Å². The molecule has 0 spiro atoms. The Labute approximate surface area is 61.2 Å². The van der Waals surface area contributed by atoms with Gasteiger partial charge in [-0.25, -0.2) is 0 Å². The standard InChI is InChI=1S/C8H14O2/c1-4(2)5-3-6-8(10-6)7(5)9/h4-9H,3H2,1-2H3. The van der Waals surface area contributed by atoms with Crippen molar-refractivity contribution >= 4 is 0 Å². The van der Waals surface area contributed by atoms with Gasteiger partial charge in [0.25, 0.3) is 0 Å². The number of aliphatic hydroxyl groups excluding tert-OH is 1. The number of hydrogen-bond donors (Lipinski definition) is 1. The average molecular weight is 142 g/mol. The summed E-state index contributed by atoms with van der Waals surface area (Å²) in [6, 6.07) is 0. The summed E-state index contributed by atoms with van der Waals surface area (Å²) in [6.45, 7) is 4.33. The second-order valence-corrected chi connectivity index (χ2v) is 3.77. The zero-order valence-corrected chi connectivity index (χ0v) is 6.45. The fraction of sp³-hybridized carbons (Fsp3) is 1.00. The van der Waals surface area contributed by atoms with Crippen molar-refractivity contribution in [3.63, 3.8) is 0 Å². The minimum absolute atomic E-state index is 0.176. The SMILES string of the molecule is CC(C)C1CC2OC2C1O. The normalized spacial score (nSPS) is 51.6. The molecule has 4 atom stereocenters. The van der Waals surface area contributed by atoms with Crippen LogP contribution in [0.1, 0.15) is 20.3 Å². The van der Waals surface area contributed by atoms with Crippen molar-refractivity contribution in [1.29, 1.82) is 0 Å². The van der Waals surface area contributed by atoms with Crippen LogP contribution in [-0.2, 0) is 4.74 Å². The molecule has 2 rings (SSSR count). The predicted octanol–water partition coefficient (Wildman–Crippen LogP) is 0.791. The van der Waals surface area contributed by atoms with Crippen molar-refractivity contribution in [2.75, 3.05) is 0 Å². The molecule has 0 bridgehead atoms. The highest BCUT2D eigenvalue weighted by molar-refractivity contribution is 5.03. The molecule has 1 saturated carbocycles. The molecule has 10 heavy (non-hydrogen) atoms. The molecule has 1 aliphatic heterocycles. The molecular formula is C8H14O2. The van der Waals surface area contributed by atoms with Crippen LogP contribution in [0, 0.1) is 11.8 Å². The molecule has 1 heterocycles. The lowest BCUT2D eigenvalue weighted by molar-refractivity contribution is 0.0486. The first-order valence-corrected chi connectivity index (χ1v) is 4.03. The lowest BCUT2D eigenvalue weighted by Gasteiger charge is -2.20. The summed E-state index contributed by atoms with van der Waals surface area (Å²) in [7, 11) is 0. The van der Waals surface area contributed by atoms with Gasteiger partial charge in [0.2, 0.25) is 0 Å². The van der Waals surface area contributed by atoms with Gasteiger partial charge in [0.05, 0.1) is 12.2 Å². The maximum Gasteiger partial charge on any atom is 0.110 e. The van der Waals surface area contributed by atoms with Crippen molar-refractivity contribution in [3.8, 4) is 0 Å². The van der Waals surface area contributed by atoms with Gasteiger partial charge in [-0.15, -0.1) is 0 Å². The van der Waals surface area contributed by atoms with E-state index in [-0.39, 0.29) is 12.2 Å². The number of aliphatic hydroxyl groups is 1. The summed E-state index contributed by atoms with van der Waals surface area (Å²) in [5.74, 6) is 1.09. The monoisotopic (exact) mass is 142 g/mol. The molecule has 4 unspecified atom stereocenters. The Hall–Kier alpha value is -0.0800. The van der Waals surface area contributed by atoms with Crippen LogP contribution in [0.4, 0.5) is 0 Å². The van der Waals surface area contributed by atoms with Gasteiger partial charge >= 0.3 is 0 Å². The predicted molar refractivity (Wildman–Crippen MR) is 37.6 cm³/mol. The van der Waals surface area contributed by atoms with Crippen LogP contribution in [0.25, 0.3) is 0 Å². The Bertz CT molecular complexity index is 144. The zero-order chi connectivity index (χ0) is 7.30. The van der Waals surface area contributed by atoms with Crippen LogP contribution in [0.2, 0.25) is 0 Å². The number of ether oxygens (including phenoxy) is 1. The lowest BCUT2D eigenvalue weighted by Crippen LogP contribution is -2.24. The molecule has 0 amide bonds. The molecule has 2 nitrogen and oxygen atoms in total. The van der Waals surface area contributed by atoms with E-state index in [2.05, 4.69) is 13.8 Å². The minimum atomic E-state index is -0.176. The van der Waals surface area contributed by atoms with E-state index in [0.29, 0.717) is 17.9 Å². The van der Waals surface area contributed by atoms with E-state index >= 15 is 0 Å². The highest BCUT2D eigenvalue weighted by atomic mass is 16.6. The average Bonchev–Trinajstić information content (AvgIpc) is 2.54. The van der Waals surface area contributed by atoms with Crippen molar-refractivity contribution in [1.82, 2.24) is 0 Å². The maximum atomic E-state index is 9.54. The Morgan fingerprint density at radius 3 is 2.50 bits per heavy atom. The van der Waals surface area contributed by atoms with Crippen LogP contribution >= 0.6 is 0 Å². The quantitative estimate of drug-likeness (QED) is 0.549. The van der Waals surface area contributed by atoms with E-state index < -0.39 is 0 Å². The Kier molecular flexibility index (Phi) is 1.29. The van der Waals surface area contributed by atoms with Crippen molar-refractivity contribution in [2.45, 2.75) is 38.6 Å². The molecule has 1 aliphatic carbocycles. The van der Waals surface area contributed by atoms with Gasteiger partial charge in [0.1, 0.15) is 6.10 Å². The van der Waals surface area contributed by atoms with Crippen molar-refractivity contribution < 1.29 is 9.84 Å².